The lowest BCUT2D eigenvalue weighted by Gasteiger charge is -2.17. The third-order valence-electron chi connectivity index (χ3n) is 4.26. The van der Waals surface area contributed by atoms with Crippen LogP contribution in [-0.2, 0) is 0 Å². The van der Waals surface area contributed by atoms with Gasteiger partial charge in [0, 0.05) is 5.92 Å². The highest BCUT2D eigenvalue weighted by Gasteiger charge is 2.39. The van der Waals surface area contributed by atoms with Crippen LogP contribution in [0.1, 0.15) is 66.2 Å². The minimum Gasteiger partial charge on any atom is -0.0735 e. The fourth-order valence-corrected chi connectivity index (χ4v) is 3.56. The topological polar surface area (TPSA) is 0 Å². The van der Waals surface area contributed by atoms with Crippen molar-refractivity contribution in [2.75, 3.05) is 0 Å². The van der Waals surface area contributed by atoms with Gasteiger partial charge in [0.15, 0.2) is 0 Å². The Kier molecular flexibility index (Phi) is 2.87. The molecule has 2 aliphatic carbocycles. The Labute approximate surface area is 95.1 Å². The highest BCUT2D eigenvalue weighted by atomic mass is 14.4. The molecule has 0 aromatic heterocycles. The van der Waals surface area contributed by atoms with Crippen LogP contribution < -0.4 is 0 Å². The second kappa shape index (κ2) is 3.88. The fraction of sp³-hybridized carbons (Fsp3) is 0.800. The van der Waals surface area contributed by atoms with Crippen LogP contribution in [0.5, 0.6) is 0 Å². The Morgan fingerprint density at radius 2 is 2.07 bits per heavy atom. The van der Waals surface area contributed by atoms with Crippen molar-refractivity contribution in [3.05, 3.63) is 17.1 Å². The summed E-state index contributed by atoms with van der Waals surface area (Å²) in [7, 11) is 0. The number of hydrogen-bond acceptors (Lipinski definition) is 0. The summed E-state index contributed by atoms with van der Waals surface area (Å²) in [5, 5.41) is 0. The van der Waals surface area contributed by atoms with E-state index in [4.69, 9.17) is 0 Å². The Hall–Kier alpha value is -0.390. The molecule has 0 bridgehead atoms. The molecule has 0 aromatic rings. The molecule has 0 spiro atoms. The number of rotatable bonds is 0. The van der Waals surface area contributed by atoms with E-state index in [2.05, 4.69) is 27.7 Å². The van der Waals surface area contributed by atoms with Crippen LogP contribution in [-0.4, -0.2) is 0 Å². The van der Waals surface area contributed by atoms with Gasteiger partial charge < -0.3 is 0 Å². The molecule has 0 amide bonds. The first-order valence-corrected chi connectivity index (χ1v) is 6.48. The first kappa shape index (κ1) is 11.1. The number of hydrogen-bond donors (Lipinski definition) is 0. The molecule has 0 heterocycles. The van der Waals surface area contributed by atoms with Crippen LogP contribution in [0.3, 0.4) is 0 Å². The molecule has 0 nitrogen and oxygen atoms in total. The van der Waals surface area contributed by atoms with Gasteiger partial charge >= 0.3 is 0 Å². The molecule has 15 heavy (non-hydrogen) atoms. The Balaban J connectivity index is 2.23. The third-order valence-corrected chi connectivity index (χ3v) is 4.26. The Morgan fingerprint density at radius 3 is 2.80 bits per heavy atom. The van der Waals surface area contributed by atoms with Crippen molar-refractivity contribution in [3.63, 3.8) is 0 Å². The van der Waals surface area contributed by atoms with Crippen LogP contribution in [0.25, 0.3) is 0 Å². The van der Waals surface area contributed by atoms with E-state index in [1.54, 1.807) is 11.5 Å². The van der Waals surface area contributed by atoms with Gasteiger partial charge in [-0.05, 0) is 38.0 Å². The molecule has 1 atom stereocenters. The van der Waals surface area contributed by atoms with Crippen LogP contribution in [0, 0.1) is 17.3 Å². The maximum Gasteiger partial charge on any atom is 0.0962 e. The van der Waals surface area contributed by atoms with E-state index in [1.165, 1.54) is 38.5 Å². The summed E-state index contributed by atoms with van der Waals surface area (Å²) in [5.74, 6) is 2.63. The van der Waals surface area contributed by atoms with Crippen molar-refractivity contribution < 1.29 is 0 Å². The van der Waals surface area contributed by atoms with Crippen molar-refractivity contribution in [3.8, 4) is 0 Å². The molecular weight excluding hydrogens is 180 g/mol. The smallest absolute Gasteiger partial charge is 0.0735 e. The van der Waals surface area contributed by atoms with E-state index in [-0.39, 0.29) is 0 Å². The molecule has 2 rings (SSSR count). The highest BCUT2D eigenvalue weighted by Crippen LogP contribution is 2.50. The average molecular weight is 205 g/mol. The summed E-state index contributed by atoms with van der Waals surface area (Å²) in [6, 6.07) is 0. The summed E-state index contributed by atoms with van der Waals surface area (Å²) < 4.78 is 0. The van der Waals surface area contributed by atoms with Gasteiger partial charge in [-0.25, -0.2) is 0 Å². The molecule has 0 saturated heterocycles. The summed E-state index contributed by atoms with van der Waals surface area (Å²) in [5.41, 5.74) is 4.10. The number of fused-ring (bicyclic) bond motifs is 1. The predicted molar refractivity (Wildman–Crippen MR) is 66.6 cm³/mol. The molecule has 0 aromatic carbocycles. The summed E-state index contributed by atoms with van der Waals surface area (Å²) in [6.45, 7) is 9.62. The maximum atomic E-state index is 2.44. The van der Waals surface area contributed by atoms with Gasteiger partial charge in [-0.2, -0.15) is 0 Å². The molecule has 2 aliphatic rings. The van der Waals surface area contributed by atoms with Crippen LogP contribution in [0.2, 0.25) is 0 Å². The quantitative estimate of drug-likeness (QED) is 0.389. The molecule has 0 aliphatic heterocycles. The van der Waals surface area contributed by atoms with E-state index in [9.17, 15) is 0 Å². The lowest BCUT2D eigenvalue weighted by molar-refractivity contribution is 0.354. The lowest BCUT2D eigenvalue weighted by atomic mass is 9.82. The second-order valence-electron chi connectivity index (χ2n) is 6.56. The monoisotopic (exact) mass is 205 g/mol. The maximum absolute atomic E-state index is 2.44. The number of allylic oxidation sites excluding steroid dienone is 2. The standard InChI is InChI=1S/C15H25/c1-11-6-5-7-12(2)14-10-15(3,4)9-13(14)8-11/h13H,5-10H2,1-4H3/q+1/b14-12-/t13-/m1/s1. The summed E-state index contributed by atoms with van der Waals surface area (Å²) in [4.78, 5) is 0. The SMILES string of the molecule is C/C1=C2\CC(C)(C)C[C@H]2C[C+](C)CCC1. The van der Waals surface area contributed by atoms with Gasteiger partial charge in [0.25, 0.3) is 0 Å². The van der Waals surface area contributed by atoms with E-state index in [0.717, 1.165) is 5.92 Å². The minimum atomic E-state index is 0.561. The van der Waals surface area contributed by atoms with E-state index in [1.807, 2.05) is 5.57 Å². The first-order chi connectivity index (χ1) is 6.98. The predicted octanol–water partition coefficient (Wildman–Crippen LogP) is 4.91. The van der Waals surface area contributed by atoms with Crippen molar-refractivity contribution in [2.24, 2.45) is 11.3 Å². The zero-order chi connectivity index (χ0) is 11.1. The Morgan fingerprint density at radius 1 is 1.33 bits per heavy atom. The highest BCUT2D eigenvalue weighted by molar-refractivity contribution is 5.24. The van der Waals surface area contributed by atoms with E-state index in [0.29, 0.717) is 5.41 Å². The van der Waals surface area contributed by atoms with Gasteiger partial charge in [0.05, 0.1) is 25.7 Å². The average Bonchev–Trinajstić information content (AvgIpc) is 2.39. The molecule has 0 unspecified atom stereocenters. The van der Waals surface area contributed by atoms with Crippen molar-refractivity contribution >= 4 is 0 Å². The molecular formula is C15H25+. The molecule has 1 fully saturated rings. The molecule has 0 radical (unpaired) electrons. The van der Waals surface area contributed by atoms with E-state index < -0.39 is 0 Å². The minimum absolute atomic E-state index is 0.561. The Bertz CT molecular complexity index is 270. The van der Waals surface area contributed by atoms with Crippen LogP contribution in [0.15, 0.2) is 11.1 Å². The van der Waals surface area contributed by atoms with Gasteiger partial charge in [-0.15, -0.1) is 0 Å². The van der Waals surface area contributed by atoms with Crippen LogP contribution >= 0.6 is 0 Å². The normalized spacial score (nSPS) is 36.0. The van der Waals surface area contributed by atoms with Gasteiger partial charge in [-0.3, -0.25) is 0 Å². The molecule has 84 valence electrons. The lowest BCUT2D eigenvalue weighted by Crippen LogP contribution is -2.09. The first-order valence-electron chi connectivity index (χ1n) is 6.48. The van der Waals surface area contributed by atoms with E-state index >= 15 is 0 Å². The van der Waals surface area contributed by atoms with Gasteiger partial charge in [0.1, 0.15) is 0 Å². The second-order valence-corrected chi connectivity index (χ2v) is 6.56. The van der Waals surface area contributed by atoms with Crippen molar-refractivity contribution in [1.29, 1.82) is 0 Å². The fourth-order valence-electron chi connectivity index (χ4n) is 3.56. The van der Waals surface area contributed by atoms with Gasteiger partial charge in [-0.1, -0.05) is 25.0 Å². The largest absolute Gasteiger partial charge is 0.0962 e. The van der Waals surface area contributed by atoms with Gasteiger partial charge in [0.2, 0.25) is 0 Å². The summed E-state index contributed by atoms with van der Waals surface area (Å²) in [6.07, 6.45) is 8.24. The zero-order valence-corrected chi connectivity index (χ0v) is 10.8. The van der Waals surface area contributed by atoms with Crippen LogP contribution in [0.4, 0.5) is 0 Å². The van der Waals surface area contributed by atoms with Crippen molar-refractivity contribution in [2.45, 2.75) is 66.2 Å². The summed E-state index contributed by atoms with van der Waals surface area (Å²) >= 11 is 0. The third kappa shape index (κ3) is 2.41. The zero-order valence-electron chi connectivity index (χ0n) is 10.8. The van der Waals surface area contributed by atoms with Crippen molar-refractivity contribution in [1.82, 2.24) is 0 Å². The molecule has 0 N–H and O–H groups in total. The molecule has 0 heteroatoms. The molecule has 1 saturated carbocycles.